The first-order valence-electron chi connectivity index (χ1n) is 8.30. The molecule has 1 aromatic heterocycles. The lowest BCUT2D eigenvalue weighted by molar-refractivity contribution is 0.451. The Balaban J connectivity index is 1.92. The lowest BCUT2D eigenvalue weighted by Gasteiger charge is -2.09. The smallest absolute Gasteiger partial charge is 0.167 e. The van der Waals surface area contributed by atoms with Crippen molar-refractivity contribution in [1.82, 2.24) is 15.0 Å². The minimum absolute atomic E-state index is 0.0499. The lowest BCUT2D eigenvalue weighted by Crippen LogP contribution is -2.00. The van der Waals surface area contributed by atoms with Crippen molar-refractivity contribution in [3.05, 3.63) is 76.8 Å². The van der Waals surface area contributed by atoms with E-state index in [1.165, 1.54) is 12.1 Å². The van der Waals surface area contributed by atoms with Gasteiger partial charge in [0.05, 0.1) is 5.56 Å². The Morgan fingerprint density at radius 3 is 1.50 bits per heavy atom. The van der Waals surface area contributed by atoms with Gasteiger partial charge >= 0.3 is 0 Å². The molecule has 0 aliphatic carbocycles. The molecule has 0 aliphatic heterocycles. The summed E-state index contributed by atoms with van der Waals surface area (Å²) in [6, 6.07) is 18.5. The van der Waals surface area contributed by atoms with E-state index < -0.39 is 0 Å². The van der Waals surface area contributed by atoms with Crippen LogP contribution in [-0.2, 0) is 0 Å². The Kier molecular flexibility index (Phi) is 4.86. The predicted octanol–water partition coefficient (Wildman–Crippen LogP) is 5.59. The van der Waals surface area contributed by atoms with Crippen LogP contribution in [0.25, 0.3) is 34.2 Å². The van der Waals surface area contributed by atoms with Crippen LogP contribution in [0.2, 0.25) is 10.0 Å². The van der Waals surface area contributed by atoms with Crippen LogP contribution >= 0.6 is 23.2 Å². The molecule has 0 fully saturated rings. The number of phenols is 2. The van der Waals surface area contributed by atoms with Gasteiger partial charge in [-0.25, -0.2) is 15.0 Å². The van der Waals surface area contributed by atoms with Crippen LogP contribution in [0, 0.1) is 0 Å². The van der Waals surface area contributed by atoms with E-state index in [-0.39, 0.29) is 17.3 Å². The molecule has 7 heteroatoms. The number of hydrogen-bond acceptors (Lipinski definition) is 5. The summed E-state index contributed by atoms with van der Waals surface area (Å²) in [4.78, 5) is 13.6. The van der Waals surface area contributed by atoms with Crippen molar-refractivity contribution in [3.63, 3.8) is 0 Å². The Morgan fingerprint density at radius 1 is 0.571 bits per heavy atom. The number of hydrogen-bond donors (Lipinski definition) is 2. The molecule has 0 saturated carbocycles. The van der Waals surface area contributed by atoms with Crippen LogP contribution in [0.15, 0.2) is 66.7 Å². The first kappa shape index (κ1) is 18.2. The summed E-state index contributed by atoms with van der Waals surface area (Å²) in [5.41, 5.74) is 1.88. The zero-order chi connectivity index (χ0) is 19.7. The maximum Gasteiger partial charge on any atom is 0.167 e. The van der Waals surface area contributed by atoms with E-state index in [1.54, 1.807) is 30.3 Å². The van der Waals surface area contributed by atoms with Gasteiger partial charge in [-0.3, -0.25) is 0 Å². The summed E-state index contributed by atoms with van der Waals surface area (Å²) in [7, 11) is 0. The molecule has 0 amide bonds. The van der Waals surface area contributed by atoms with Crippen molar-refractivity contribution >= 4 is 23.2 Å². The molecule has 4 rings (SSSR count). The number of benzene rings is 3. The normalized spacial score (nSPS) is 10.8. The molecule has 138 valence electrons. The van der Waals surface area contributed by atoms with E-state index in [1.807, 2.05) is 24.3 Å². The minimum Gasteiger partial charge on any atom is -0.508 e. The third-order valence-electron chi connectivity index (χ3n) is 4.06. The van der Waals surface area contributed by atoms with Crippen molar-refractivity contribution < 1.29 is 10.2 Å². The average molecular weight is 410 g/mol. The van der Waals surface area contributed by atoms with Crippen molar-refractivity contribution in [2.75, 3.05) is 0 Å². The maximum absolute atomic E-state index is 10.2. The van der Waals surface area contributed by atoms with Gasteiger partial charge in [0.1, 0.15) is 11.5 Å². The van der Waals surface area contributed by atoms with E-state index in [0.717, 1.165) is 11.1 Å². The molecule has 1 heterocycles. The third-order valence-corrected chi connectivity index (χ3v) is 4.57. The predicted molar refractivity (Wildman–Crippen MR) is 109 cm³/mol. The summed E-state index contributed by atoms with van der Waals surface area (Å²) < 4.78 is 0. The largest absolute Gasteiger partial charge is 0.508 e. The Bertz CT molecular complexity index is 1080. The fourth-order valence-electron chi connectivity index (χ4n) is 2.66. The first-order valence-corrected chi connectivity index (χ1v) is 9.05. The molecule has 2 N–H and O–H groups in total. The topological polar surface area (TPSA) is 79.1 Å². The molecule has 0 spiro atoms. The number of nitrogens with zero attached hydrogens (tertiary/aromatic N) is 3. The van der Waals surface area contributed by atoms with Gasteiger partial charge in [0.25, 0.3) is 0 Å². The van der Waals surface area contributed by atoms with Crippen LogP contribution in [0.1, 0.15) is 0 Å². The van der Waals surface area contributed by atoms with Crippen molar-refractivity contribution in [2.45, 2.75) is 0 Å². The highest BCUT2D eigenvalue weighted by Gasteiger charge is 2.15. The second-order valence-electron chi connectivity index (χ2n) is 6.02. The van der Waals surface area contributed by atoms with Gasteiger partial charge in [-0.2, -0.15) is 0 Å². The van der Waals surface area contributed by atoms with E-state index in [9.17, 15) is 10.2 Å². The van der Waals surface area contributed by atoms with E-state index in [2.05, 4.69) is 15.0 Å². The number of phenolic OH excluding ortho intramolecular Hbond substituents is 2. The van der Waals surface area contributed by atoms with Gasteiger partial charge in [-0.15, -0.1) is 0 Å². The quantitative estimate of drug-likeness (QED) is 0.460. The minimum atomic E-state index is -0.129. The van der Waals surface area contributed by atoms with Crippen LogP contribution in [0.5, 0.6) is 11.5 Å². The van der Waals surface area contributed by atoms with Gasteiger partial charge in [-0.1, -0.05) is 23.2 Å². The SMILES string of the molecule is Oc1ccc(-c2nc(-c3ccc(Cl)cc3)nc(-c3ccc(Cl)cc3)n2)c(O)c1. The lowest BCUT2D eigenvalue weighted by atomic mass is 10.1. The molecule has 28 heavy (non-hydrogen) atoms. The van der Waals surface area contributed by atoms with Crippen LogP contribution in [0.3, 0.4) is 0 Å². The molecule has 0 atom stereocenters. The number of rotatable bonds is 3. The Morgan fingerprint density at radius 2 is 1.04 bits per heavy atom. The highest BCUT2D eigenvalue weighted by Crippen LogP contribution is 2.32. The zero-order valence-electron chi connectivity index (χ0n) is 14.3. The monoisotopic (exact) mass is 409 g/mol. The van der Waals surface area contributed by atoms with Crippen molar-refractivity contribution in [1.29, 1.82) is 0 Å². The van der Waals surface area contributed by atoms with Crippen LogP contribution < -0.4 is 0 Å². The molecule has 0 radical (unpaired) electrons. The highest BCUT2D eigenvalue weighted by molar-refractivity contribution is 6.30. The summed E-state index contributed by atoms with van der Waals surface area (Å²) in [5.74, 6) is 0.960. The van der Waals surface area contributed by atoms with Gasteiger partial charge < -0.3 is 10.2 Å². The number of halogens is 2. The number of aromatic nitrogens is 3. The number of aromatic hydroxyl groups is 2. The third kappa shape index (κ3) is 3.76. The fourth-order valence-corrected chi connectivity index (χ4v) is 2.91. The van der Waals surface area contributed by atoms with E-state index in [4.69, 9.17) is 23.2 Å². The van der Waals surface area contributed by atoms with Gasteiger partial charge in [0.15, 0.2) is 17.5 Å². The Hall–Kier alpha value is -3.15. The van der Waals surface area contributed by atoms with Gasteiger partial charge in [0, 0.05) is 27.2 Å². The molecule has 0 bridgehead atoms. The molecular weight excluding hydrogens is 397 g/mol. The van der Waals surface area contributed by atoms with Crippen LogP contribution in [-0.4, -0.2) is 25.2 Å². The molecule has 4 aromatic rings. The second-order valence-corrected chi connectivity index (χ2v) is 6.89. The average Bonchev–Trinajstić information content (AvgIpc) is 2.69. The molecule has 3 aromatic carbocycles. The molecule has 5 nitrogen and oxygen atoms in total. The van der Waals surface area contributed by atoms with Crippen molar-refractivity contribution in [2.24, 2.45) is 0 Å². The molecule has 0 saturated heterocycles. The second kappa shape index (κ2) is 7.46. The Labute approximate surface area is 170 Å². The molecular formula is C21H13Cl2N3O2. The van der Waals surface area contributed by atoms with Gasteiger partial charge in [0.2, 0.25) is 0 Å². The maximum atomic E-state index is 10.2. The summed E-state index contributed by atoms with van der Waals surface area (Å²) in [6.07, 6.45) is 0. The summed E-state index contributed by atoms with van der Waals surface area (Å²) >= 11 is 12.0. The standard InChI is InChI=1S/C21H13Cl2N3O2/c22-14-5-1-12(2-6-14)19-24-20(13-3-7-15(23)8-4-13)26-21(25-19)17-10-9-16(27)11-18(17)28/h1-11,27-28H. The van der Waals surface area contributed by atoms with E-state index in [0.29, 0.717) is 27.3 Å². The molecule has 0 unspecified atom stereocenters. The zero-order valence-corrected chi connectivity index (χ0v) is 15.9. The van der Waals surface area contributed by atoms with Crippen molar-refractivity contribution in [3.8, 4) is 45.7 Å². The fraction of sp³-hybridized carbons (Fsp3) is 0. The first-order chi connectivity index (χ1) is 13.5. The van der Waals surface area contributed by atoms with E-state index >= 15 is 0 Å². The summed E-state index contributed by atoms with van der Waals surface area (Å²) in [5, 5.41) is 21.0. The highest BCUT2D eigenvalue weighted by atomic mass is 35.5. The van der Waals surface area contributed by atoms with Crippen LogP contribution in [0.4, 0.5) is 0 Å². The summed E-state index contributed by atoms with van der Waals surface area (Å²) in [6.45, 7) is 0. The van der Waals surface area contributed by atoms with Gasteiger partial charge in [-0.05, 0) is 60.7 Å². The molecule has 0 aliphatic rings.